The second-order valence-corrected chi connectivity index (χ2v) is 7.64. The van der Waals surface area contributed by atoms with Crippen LogP contribution >= 0.6 is 0 Å². The highest BCUT2D eigenvalue weighted by molar-refractivity contribution is 5.85. The summed E-state index contributed by atoms with van der Waals surface area (Å²) in [4.78, 5) is 0. The van der Waals surface area contributed by atoms with Crippen LogP contribution in [0.2, 0.25) is 0 Å². The Kier molecular flexibility index (Phi) is 5.60. The average molecular weight is 424 g/mol. The summed E-state index contributed by atoms with van der Waals surface area (Å²) in [7, 11) is 1.57. The predicted octanol–water partition coefficient (Wildman–Crippen LogP) is 5.71. The average Bonchev–Trinajstić information content (AvgIpc) is 3.13. The molecule has 6 heteroatoms. The number of nitrogens with two attached hydrogens (primary N) is 1. The van der Waals surface area contributed by atoms with E-state index in [0.29, 0.717) is 12.0 Å². The largest absolute Gasteiger partial charge is 0.416 e. The summed E-state index contributed by atoms with van der Waals surface area (Å²) in [5.74, 6) is 0. The zero-order valence-corrected chi connectivity index (χ0v) is 17.1. The second-order valence-electron chi connectivity index (χ2n) is 7.64. The fourth-order valence-electron chi connectivity index (χ4n) is 3.93. The number of fused-ring (bicyclic) bond motifs is 1. The van der Waals surface area contributed by atoms with Crippen LogP contribution in [0.15, 0.2) is 85.1 Å². The number of rotatable bonds is 6. The molecule has 1 aromatic heterocycles. The van der Waals surface area contributed by atoms with E-state index < -0.39 is 17.5 Å². The molecule has 160 valence electrons. The molecular weight excluding hydrogens is 401 g/mol. The number of hydrogen-bond acceptors (Lipinski definition) is 2. The number of hydrogen-bond donors (Lipinski definition) is 1. The highest BCUT2D eigenvalue weighted by Crippen LogP contribution is 2.34. The van der Waals surface area contributed by atoms with Crippen LogP contribution in [0.25, 0.3) is 10.9 Å². The Bertz CT molecular complexity index is 1180. The topological polar surface area (TPSA) is 40.2 Å². The predicted molar refractivity (Wildman–Crippen MR) is 116 cm³/mol. The van der Waals surface area contributed by atoms with Gasteiger partial charge in [-0.15, -0.1) is 0 Å². The molecule has 0 aliphatic carbocycles. The summed E-state index contributed by atoms with van der Waals surface area (Å²) in [5.41, 5.74) is 8.25. The van der Waals surface area contributed by atoms with Gasteiger partial charge in [0.05, 0.1) is 5.56 Å². The van der Waals surface area contributed by atoms with E-state index in [1.807, 2.05) is 65.4 Å². The van der Waals surface area contributed by atoms with Gasteiger partial charge in [-0.3, -0.25) is 5.73 Å². The van der Waals surface area contributed by atoms with Gasteiger partial charge in [0, 0.05) is 42.7 Å². The molecule has 3 aromatic carbocycles. The Morgan fingerprint density at radius 1 is 0.871 bits per heavy atom. The van der Waals surface area contributed by atoms with E-state index in [4.69, 9.17) is 10.5 Å². The normalized spacial score (nSPS) is 14.0. The summed E-state index contributed by atoms with van der Waals surface area (Å²) < 4.78 is 47.1. The fraction of sp³-hybridized carbons (Fsp3) is 0.200. The van der Waals surface area contributed by atoms with Crippen molar-refractivity contribution in [3.05, 3.63) is 107 Å². The minimum atomic E-state index is -4.38. The molecule has 0 amide bonds. The van der Waals surface area contributed by atoms with Crippen LogP contribution in [-0.4, -0.2) is 11.7 Å². The van der Waals surface area contributed by atoms with E-state index >= 15 is 0 Å². The zero-order valence-electron chi connectivity index (χ0n) is 17.1. The van der Waals surface area contributed by atoms with Gasteiger partial charge in [0.1, 0.15) is 5.72 Å². The maximum Gasteiger partial charge on any atom is 0.416 e. The van der Waals surface area contributed by atoms with Crippen molar-refractivity contribution < 1.29 is 17.9 Å². The van der Waals surface area contributed by atoms with Gasteiger partial charge in [-0.05, 0) is 29.3 Å². The molecule has 1 atom stereocenters. The first-order valence-corrected chi connectivity index (χ1v) is 9.92. The van der Waals surface area contributed by atoms with Gasteiger partial charge in [-0.25, -0.2) is 0 Å². The molecule has 0 saturated heterocycles. The first-order valence-electron chi connectivity index (χ1n) is 9.92. The lowest BCUT2D eigenvalue weighted by molar-refractivity contribution is -0.137. The third-order valence-electron chi connectivity index (χ3n) is 5.53. The van der Waals surface area contributed by atoms with Gasteiger partial charge in [0.15, 0.2) is 0 Å². The molecule has 4 rings (SSSR count). The Morgan fingerprint density at radius 3 is 2.26 bits per heavy atom. The Morgan fingerprint density at radius 2 is 1.55 bits per heavy atom. The van der Waals surface area contributed by atoms with Gasteiger partial charge in [-0.2, -0.15) is 13.2 Å². The van der Waals surface area contributed by atoms with Crippen LogP contribution < -0.4 is 5.73 Å². The molecule has 0 radical (unpaired) electrons. The smallest absolute Gasteiger partial charge is 0.359 e. The van der Waals surface area contributed by atoms with Crippen molar-refractivity contribution in [3.8, 4) is 0 Å². The summed E-state index contributed by atoms with van der Waals surface area (Å²) in [5, 5.41) is 0.912. The van der Waals surface area contributed by atoms with E-state index in [1.165, 1.54) is 12.1 Å². The Balaban J connectivity index is 1.76. The highest BCUT2D eigenvalue weighted by atomic mass is 19.4. The number of benzene rings is 3. The first kappa shape index (κ1) is 21.2. The maximum absolute atomic E-state index is 13.1. The quantitative estimate of drug-likeness (QED) is 0.403. The zero-order chi connectivity index (χ0) is 22.1. The van der Waals surface area contributed by atoms with E-state index in [-0.39, 0.29) is 6.54 Å². The lowest BCUT2D eigenvalue weighted by Gasteiger charge is -2.28. The number of alkyl halides is 3. The van der Waals surface area contributed by atoms with Crippen LogP contribution in [0, 0.1) is 0 Å². The van der Waals surface area contributed by atoms with Crippen molar-refractivity contribution in [2.75, 3.05) is 7.11 Å². The monoisotopic (exact) mass is 424 g/mol. The molecule has 3 nitrogen and oxygen atoms in total. The summed E-state index contributed by atoms with van der Waals surface area (Å²) >= 11 is 0. The van der Waals surface area contributed by atoms with Crippen molar-refractivity contribution in [2.24, 2.45) is 5.73 Å². The van der Waals surface area contributed by atoms with Crippen LogP contribution in [-0.2, 0) is 29.6 Å². The van der Waals surface area contributed by atoms with Gasteiger partial charge in [0.2, 0.25) is 0 Å². The van der Waals surface area contributed by atoms with Gasteiger partial charge >= 0.3 is 6.18 Å². The third kappa shape index (κ3) is 4.36. The standard InChI is InChI=1S/C25H23F3N2O/c1-31-24(29,15-18-8-3-2-4-9-18)22-17-30(23-13-6-5-12-21(22)23)16-19-10-7-11-20(14-19)25(26,27)28/h2-14,17H,15-16,29H2,1H3. The minimum absolute atomic E-state index is 0.287. The summed E-state index contributed by atoms with van der Waals surface area (Å²) in [6.45, 7) is 0.287. The van der Waals surface area contributed by atoms with E-state index in [0.717, 1.165) is 28.1 Å². The Hall–Kier alpha value is -3.09. The molecule has 0 aliphatic rings. The number of nitrogens with zero attached hydrogens (tertiary/aromatic N) is 1. The summed E-state index contributed by atoms with van der Waals surface area (Å²) in [6, 6.07) is 22.9. The molecule has 0 bridgehead atoms. The molecule has 2 N–H and O–H groups in total. The third-order valence-corrected chi connectivity index (χ3v) is 5.53. The molecule has 0 saturated carbocycles. The van der Waals surface area contributed by atoms with Crippen molar-refractivity contribution in [1.82, 2.24) is 4.57 Å². The van der Waals surface area contributed by atoms with Crippen molar-refractivity contribution >= 4 is 10.9 Å². The molecular formula is C25H23F3N2O. The van der Waals surface area contributed by atoms with Crippen LogP contribution in [0.3, 0.4) is 0 Å². The SMILES string of the molecule is COC(N)(Cc1ccccc1)c1cn(Cc2cccc(C(F)(F)F)c2)c2ccccc12. The lowest BCUT2D eigenvalue weighted by atomic mass is 9.95. The van der Waals surface area contributed by atoms with Crippen LogP contribution in [0.5, 0.6) is 0 Å². The molecule has 1 unspecified atom stereocenters. The summed E-state index contributed by atoms with van der Waals surface area (Å²) in [6.07, 6.45) is -2.03. The molecule has 0 aliphatic heterocycles. The molecule has 4 aromatic rings. The van der Waals surface area contributed by atoms with Crippen LogP contribution in [0.4, 0.5) is 13.2 Å². The molecule has 31 heavy (non-hydrogen) atoms. The number of aromatic nitrogens is 1. The molecule has 0 spiro atoms. The Labute approximate surface area is 178 Å². The molecule has 0 fully saturated rings. The highest BCUT2D eigenvalue weighted by Gasteiger charge is 2.32. The first-order chi connectivity index (χ1) is 14.8. The van der Waals surface area contributed by atoms with E-state index in [2.05, 4.69) is 0 Å². The van der Waals surface area contributed by atoms with Crippen molar-refractivity contribution in [1.29, 1.82) is 0 Å². The van der Waals surface area contributed by atoms with Crippen molar-refractivity contribution in [3.63, 3.8) is 0 Å². The van der Waals surface area contributed by atoms with E-state index in [9.17, 15) is 13.2 Å². The lowest BCUT2D eigenvalue weighted by Crippen LogP contribution is -2.40. The number of ether oxygens (including phenoxy) is 1. The van der Waals surface area contributed by atoms with E-state index in [1.54, 1.807) is 13.2 Å². The second kappa shape index (κ2) is 8.21. The fourth-order valence-corrected chi connectivity index (χ4v) is 3.93. The maximum atomic E-state index is 13.1. The minimum Gasteiger partial charge on any atom is -0.359 e. The number of methoxy groups -OCH3 is 1. The van der Waals surface area contributed by atoms with Gasteiger partial charge in [0.25, 0.3) is 0 Å². The number of halogens is 3. The van der Waals surface area contributed by atoms with Gasteiger partial charge < -0.3 is 9.30 Å². The number of para-hydroxylation sites is 1. The van der Waals surface area contributed by atoms with Crippen LogP contribution in [0.1, 0.15) is 22.3 Å². The van der Waals surface area contributed by atoms with Crippen molar-refractivity contribution in [2.45, 2.75) is 24.9 Å². The van der Waals surface area contributed by atoms with Gasteiger partial charge in [-0.1, -0.05) is 60.7 Å². The molecule has 1 heterocycles.